The van der Waals surface area contributed by atoms with Crippen LogP contribution in [0.5, 0.6) is 0 Å². The third-order valence-electron chi connectivity index (χ3n) is 4.79. The van der Waals surface area contributed by atoms with Crippen LogP contribution in [0.25, 0.3) is 11.2 Å². The third kappa shape index (κ3) is 3.27. The number of imidazole rings is 1. The van der Waals surface area contributed by atoms with Gasteiger partial charge in [0.2, 0.25) is 11.2 Å². The first-order valence-electron chi connectivity index (χ1n) is 8.92. The first-order valence-corrected chi connectivity index (χ1v) is 8.92. The third-order valence-corrected chi connectivity index (χ3v) is 4.79. The lowest BCUT2D eigenvalue weighted by atomic mass is 10.1. The summed E-state index contributed by atoms with van der Waals surface area (Å²) in [6.45, 7) is -0.00617. The Hall–Kier alpha value is -2.79. The predicted molar refractivity (Wildman–Crippen MR) is 96.7 cm³/mol. The zero-order chi connectivity index (χ0) is 19.7. The normalized spacial score (nSPS) is 24.7. The highest BCUT2D eigenvalue weighted by Crippen LogP contribution is 2.31. The van der Waals surface area contributed by atoms with Crippen LogP contribution < -0.4 is 15.3 Å². The molecule has 10 nitrogen and oxygen atoms in total. The van der Waals surface area contributed by atoms with Crippen LogP contribution in [0.2, 0.25) is 0 Å². The molecule has 3 heterocycles. The van der Waals surface area contributed by atoms with Gasteiger partial charge in [0.1, 0.15) is 31.2 Å². The van der Waals surface area contributed by atoms with Crippen LogP contribution in [0, 0.1) is 0 Å². The molecule has 1 aliphatic heterocycles. The van der Waals surface area contributed by atoms with E-state index in [-0.39, 0.29) is 5.82 Å². The van der Waals surface area contributed by atoms with E-state index in [4.69, 9.17) is 15.3 Å². The number of nitrogens with two attached hydrogens (primary N) is 1. The number of aromatic nitrogens is 4. The minimum Gasteiger partial charge on any atom is -0.394 e. The Morgan fingerprint density at radius 3 is 2.68 bits per heavy atom. The molecule has 0 radical (unpaired) electrons. The Morgan fingerprint density at radius 1 is 1.18 bits per heavy atom. The monoisotopic (exact) mass is 388 g/mol. The van der Waals surface area contributed by atoms with Gasteiger partial charge < -0.3 is 30.6 Å². The molecule has 1 aliphatic rings. The zero-order valence-corrected chi connectivity index (χ0v) is 15.0. The number of hydrogen-bond acceptors (Lipinski definition) is 8. The second-order valence-corrected chi connectivity index (χ2v) is 6.58. The van der Waals surface area contributed by atoms with E-state index >= 15 is 0 Å². The molecule has 0 amide bonds. The van der Waals surface area contributed by atoms with Gasteiger partial charge in [-0.2, -0.15) is 0 Å². The SMILES string of the molecule is Nc1c2ncn([C@@H]3O[C@H](CO)[C@@H](O)[C@H]3O)c2nc[n+]1OCCc1ccccc1. The Bertz CT molecular complexity index is 950. The highest BCUT2D eigenvalue weighted by Gasteiger charge is 2.44. The van der Waals surface area contributed by atoms with Crippen molar-refractivity contribution < 1.29 is 29.6 Å². The second-order valence-electron chi connectivity index (χ2n) is 6.58. The molecule has 1 aromatic carbocycles. The Kier molecular flexibility index (Phi) is 5.09. The fraction of sp³-hybridized carbons (Fsp3) is 0.389. The number of rotatable bonds is 6. The fourth-order valence-corrected chi connectivity index (χ4v) is 3.24. The first kappa shape index (κ1) is 18.6. The molecule has 148 valence electrons. The fourth-order valence-electron chi connectivity index (χ4n) is 3.24. The number of hydrogen-bond donors (Lipinski definition) is 4. The highest BCUT2D eigenvalue weighted by molar-refractivity contribution is 5.79. The van der Waals surface area contributed by atoms with Gasteiger partial charge in [0.15, 0.2) is 6.23 Å². The molecular weight excluding hydrogens is 366 g/mol. The van der Waals surface area contributed by atoms with E-state index in [1.54, 1.807) is 0 Å². The smallest absolute Gasteiger partial charge is 0.289 e. The maximum absolute atomic E-state index is 10.2. The number of nitrogens with zero attached hydrogens (tertiary/aromatic N) is 4. The number of aliphatic hydroxyl groups is 3. The lowest BCUT2D eigenvalue weighted by Gasteiger charge is -2.15. The van der Waals surface area contributed by atoms with Crippen LogP contribution in [0.15, 0.2) is 43.0 Å². The molecule has 0 unspecified atom stereocenters. The van der Waals surface area contributed by atoms with Crippen LogP contribution in [0.4, 0.5) is 5.82 Å². The summed E-state index contributed by atoms with van der Waals surface area (Å²) in [5.41, 5.74) is 8.04. The van der Waals surface area contributed by atoms with Crippen molar-refractivity contribution in [2.45, 2.75) is 31.0 Å². The highest BCUT2D eigenvalue weighted by atomic mass is 16.7. The van der Waals surface area contributed by atoms with Gasteiger partial charge in [0.05, 0.1) is 6.61 Å². The Morgan fingerprint density at radius 2 is 1.96 bits per heavy atom. The standard InChI is InChI=1S/C18H21N5O5/c19-16-13-17(21-10-23(16)27-7-6-11-4-2-1-3-5-11)22(9-20-13)18-15(26)14(25)12(8-24)28-18/h1-5,9-10,12,14-15,18-19,24-26H,6-8H2/p+1/t12-,14-,15-,18-/m1/s1. The topological polar surface area (TPSA) is 140 Å². The lowest BCUT2D eigenvalue weighted by Crippen LogP contribution is -2.46. The lowest BCUT2D eigenvalue weighted by molar-refractivity contribution is -0.881. The molecule has 0 aliphatic carbocycles. The minimum absolute atomic E-state index is 0.253. The van der Waals surface area contributed by atoms with Crippen LogP contribution in [-0.4, -0.2) is 61.4 Å². The van der Waals surface area contributed by atoms with Gasteiger partial charge in [0, 0.05) is 6.42 Å². The first-order chi connectivity index (χ1) is 13.6. The van der Waals surface area contributed by atoms with Crippen LogP contribution >= 0.6 is 0 Å². The maximum atomic E-state index is 10.2. The molecule has 4 atom stereocenters. The van der Waals surface area contributed by atoms with Crippen LogP contribution in [0.3, 0.4) is 0 Å². The van der Waals surface area contributed by atoms with E-state index in [2.05, 4.69) is 9.97 Å². The van der Waals surface area contributed by atoms with Crippen molar-refractivity contribution in [3.63, 3.8) is 0 Å². The minimum atomic E-state index is -1.23. The van der Waals surface area contributed by atoms with Crippen molar-refractivity contribution in [2.75, 3.05) is 18.9 Å². The van der Waals surface area contributed by atoms with Gasteiger partial charge in [-0.3, -0.25) is 4.57 Å². The summed E-state index contributed by atoms with van der Waals surface area (Å²) >= 11 is 0. The zero-order valence-electron chi connectivity index (χ0n) is 15.0. The van der Waals surface area contributed by atoms with Gasteiger partial charge in [-0.15, -0.1) is 0 Å². The van der Waals surface area contributed by atoms with Crippen molar-refractivity contribution in [3.05, 3.63) is 48.5 Å². The molecule has 28 heavy (non-hydrogen) atoms. The van der Waals surface area contributed by atoms with Gasteiger partial charge >= 0.3 is 0 Å². The van der Waals surface area contributed by atoms with Crippen LogP contribution in [-0.2, 0) is 11.2 Å². The van der Waals surface area contributed by atoms with Crippen LogP contribution in [0.1, 0.15) is 11.8 Å². The van der Waals surface area contributed by atoms with Gasteiger partial charge in [-0.1, -0.05) is 40.0 Å². The number of ether oxygens (including phenoxy) is 1. The average Bonchev–Trinajstić information content (AvgIpc) is 3.26. The number of anilines is 1. The number of fused-ring (bicyclic) bond motifs is 1. The quantitative estimate of drug-likeness (QED) is 0.378. The largest absolute Gasteiger partial charge is 0.394 e. The van der Waals surface area contributed by atoms with E-state index < -0.39 is 31.1 Å². The molecule has 3 aromatic rings. The number of aliphatic hydroxyl groups excluding tert-OH is 3. The average molecular weight is 388 g/mol. The van der Waals surface area contributed by atoms with E-state index in [1.807, 2.05) is 30.3 Å². The summed E-state index contributed by atoms with van der Waals surface area (Å²) in [7, 11) is 0. The van der Waals surface area contributed by atoms with Crippen molar-refractivity contribution in [1.29, 1.82) is 0 Å². The number of benzene rings is 1. The molecule has 0 bridgehead atoms. The molecule has 1 fully saturated rings. The molecular formula is C18H22N5O5+. The van der Waals surface area contributed by atoms with E-state index in [0.29, 0.717) is 24.2 Å². The van der Waals surface area contributed by atoms with Crippen molar-refractivity contribution in [3.8, 4) is 0 Å². The van der Waals surface area contributed by atoms with E-state index in [0.717, 1.165) is 5.56 Å². The summed E-state index contributed by atoms with van der Waals surface area (Å²) in [4.78, 5) is 14.2. The number of nitrogen functional groups attached to an aromatic ring is 1. The molecule has 5 N–H and O–H groups in total. The van der Waals surface area contributed by atoms with Crippen molar-refractivity contribution >= 4 is 17.0 Å². The van der Waals surface area contributed by atoms with Crippen molar-refractivity contribution in [2.24, 2.45) is 0 Å². The predicted octanol–water partition coefficient (Wildman–Crippen LogP) is -1.42. The summed E-state index contributed by atoms with van der Waals surface area (Å²) in [6.07, 6.45) is -0.705. The maximum Gasteiger partial charge on any atom is 0.289 e. The Balaban J connectivity index is 1.53. The molecule has 2 aromatic heterocycles. The van der Waals surface area contributed by atoms with E-state index in [1.165, 1.54) is 22.0 Å². The van der Waals surface area contributed by atoms with E-state index in [9.17, 15) is 15.3 Å². The van der Waals surface area contributed by atoms with Gasteiger partial charge in [-0.25, -0.2) is 4.98 Å². The molecule has 10 heteroatoms. The van der Waals surface area contributed by atoms with Gasteiger partial charge in [0.25, 0.3) is 12.1 Å². The second kappa shape index (κ2) is 7.68. The molecule has 4 rings (SSSR count). The molecule has 0 spiro atoms. The summed E-state index contributed by atoms with van der Waals surface area (Å²) in [5, 5.41) is 29.4. The summed E-state index contributed by atoms with van der Waals surface area (Å²) < 4.78 is 8.35. The molecule has 1 saturated heterocycles. The van der Waals surface area contributed by atoms with Gasteiger partial charge in [-0.05, 0) is 5.56 Å². The molecule has 0 saturated carbocycles. The summed E-state index contributed by atoms with van der Waals surface area (Å²) in [5.74, 6) is 0.253. The van der Waals surface area contributed by atoms with Crippen molar-refractivity contribution in [1.82, 2.24) is 14.5 Å². The Labute approximate surface area is 160 Å². The summed E-state index contributed by atoms with van der Waals surface area (Å²) in [6, 6.07) is 9.92.